The van der Waals surface area contributed by atoms with Gasteiger partial charge in [-0.15, -0.1) is 0 Å². The minimum absolute atomic E-state index is 0.0339. The lowest BCUT2D eigenvalue weighted by atomic mass is 10.1. The zero-order chi connectivity index (χ0) is 22.9. The van der Waals surface area contributed by atoms with Gasteiger partial charge in [-0.2, -0.15) is 0 Å². The van der Waals surface area contributed by atoms with Crippen molar-refractivity contribution in [2.24, 2.45) is 0 Å². The number of hydrogen-bond acceptors (Lipinski definition) is 6. The fourth-order valence-corrected chi connectivity index (χ4v) is 3.41. The van der Waals surface area contributed by atoms with Crippen LogP contribution in [0.1, 0.15) is 67.4 Å². The minimum atomic E-state index is -0.601. The van der Waals surface area contributed by atoms with E-state index in [0.717, 1.165) is 18.5 Å². The topological polar surface area (TPSA) is 93.7 Å². The third-order valence-electron chi connectivity index (χ3n) is 5.23. The summed E-state index contributed by atoms with van der Waals surface area (Å²) in [7, 11) is 0. The lowest BCUT2D eigenvalue weighted by Gasteiger charge is -2.34. The smallest absolute Gasteiger partial charge is 0.410 e. The molecule has 1 N–H and O–H groups in total. The van der Waals surface area contributed by atoms with Crippen molar-refractivity contribution >= 4 is 17.7 Å². The quantitative estimate of drug-likeness (QED) is 0.768. The van der Waals surface area contributed by atoms with E-state index in [-0.39, 0.29) is 17.9 Å². The van der Waals surface area contributed by atoms with E-state index >= 15 is 0 Å². The first-order chi connectivity index (χ1) is 15.2. The van der Waals surface area contributed by atoms with Crippen molar-refractivity contribution in [3.05, 3.63) is 53.4 Å². The molecule has 4 rings (SSSR count). The lowest BCUT2D eigenvalue weighted by molar-refractivity contribution is -0.0433. The van der Waals surface area contributed by atoms with Gasteiger partial charge in [0.25, 0.3) is 5.91 Å². The van der Waals surface area contributed by atoms with Crippen LogP contribution in [0.25, 0.3) is 0 Å². The number of nitrogens with zero attached hydrogens (tertiary/aromatic N) is 3. The highest BCUT2D eigenvalue weighted by atomic mass is 19.1. The Morgan fingerprint density at radius 2 is 2.00 bits per heavy atom. The Kier molecular flexibility index (Phi) is 6.10. The van der Waals surface area contributed by atoms with Gasteiger partial charge in [-0.3, -0.25) is 9.78 Å². The molecule has 2 fully saturated rings. The van der Waals surface area contributed by atoms with Crippen molar-refractivity contribution in [1.29, 1.82) is 0 Å². The van der Waals surface area contributed by atoms with E-state index in [0.29, 0.717) is 24.6 Å². The number of halogens is 1. The standard InChI is InChI=1S/C23H27FN4O4/c1-23(2,3)32-22(30)28-8-9-31-20(13-28)15-6-7-17(16(24)10-15)27-21(29)19-12-25-18(11-26-19)14-4-5-14/h6-7,10-12,14,20H,4-5,8-9,13H2,1-3H3,(H,27,29)/t20-/m1/s1. The number of benzene rings is 1. The Hall–Kier alpha value is -3.07. The molecule has 8 nitrogen and oxygen atoms in total. The van der Waals surface area contributed by atoms with Crippen molar-refractivity contribution in [3.8, 4) is 0 Å². The van der Waals surface area contributed by atoms with Gasteiger partial charge in [0.1, 0.15) is 23.2 Å². The Bertz CT molecular complexity index is 1000. The van der Waals surface area contributed by atoms with Crippen molar-refractivity contribution < 1.29 is 23.5 Å². The molecule has 1 aliphatic carbocycles. The van der Waals surface area contributed by atoms with Crippen molar-refractivity contribution in [1.82, 2.24) is 14.9 Å². The first-order valence-corrected chi connectivity index (χ1v) is 10.7. The second kappa shape index (κ2) is 8.82. The molecule has 170 valence electrons. The second-order valence-corrected chi connectivity index (χ2v) is 9.08. The molecule has 0 unspecified atom stereocenters. The lowest BCUT2D eigenvalue weighted by Crippen LogP contribution is -2.44. The summed E-state index contributed by atoms with van der Waals surface area (Å²) in [6, 6.07) is 4.45. The van der Waals surface area contributed by atoms with Crippen LogP contribution in [0.2, 0.25) is 0 Å². The van der Waals surface area contributed by atoms with E-state index in [1.165, 1.54) is 18.3 Å². The summed E-state index contributed by atoms with van der Waals surface area (Å²) in [6.07, 6.45) is 4.29. The molecule has 1 saturated carbocycles. The molecule has 1 aromatic carbocycles. The molecule has 1 atom stereocenters. The molecule has 32 heavy (non-hydrogen) atoms. The van der Waals surface area contributed by atoms with Gasteiger partial charge in [0.05, 0.1) is 30.7 Å². The van der Waals surface area contributed by atoms with E-state index in [2.05, 4.69) is 15.3 Å². The fourth-order valence-electron chi connectivity index (χ4n) is 3.41. The number of amides is 2. The monoisotopic (exact) mass is 442 g/mol. The predicted molar refractivity (Wildman–Crippen MR) is 115 cm³/mol. The molecule has 2 aliphatic rings. The fraction of sp³-hybridized carbons (Fsp3) is 0.478. The summed E-state index contributed by atoms with van der Waals surface area (Å²) >= 11 is 0. The zero-order valence-electron chi connectivity index (χ0n) is 18.4. The first kappa shape index (κ1) is 22.1. The molecular formula is C23H27FN4O4. The molecule has 0 radical (unpaired) electrons. The van der Waals surface area contributed by atoms with E-state index in [1.54, 1.807) is 37.9 Å². The van der Waals surface area contributed by atoms with Gasteiger partial charge in [-0.1, -0.05) is 6.07 Å². The highest BCUT2D eigenvalue weighted by Gasteiger charge is 2.29. The minimum Gasteiger partial charge on any atom is -0.444 e. The number of carbonyl (C=O) groups is 2. The van der Waals surface area contributed by atoms with Crippen LogP contribution in [0.4, 0.5) is 14.9 Å². The van der Waals surface area contributed by atoms with Crippen molar-refractivity contribution in [3.63, 3.8) is 0 Å². The van der Waals surface area contributed by atoms with E-state index < -0.39 is 29.5 Å². The number of nitrogens with one attached hydrogen (secondary N) is 1. The Morgan fingerprint density at radius 3 is 2.62 bits per heavy atom. The number of hydrogen-bond donors (Lipinski definition) is 1. The van der Waals surface area contributed by atoms with Gasteiger partial charge in [-0.25, -0.2) is 14.2 Å². The van der Waals surface area contributed by atoms with E-state index in [9.17, 15) is 14.0 Å². The van der Waals surface area contributed by atoms with Gasteiger partial charge in [0.15, 0.2) is 0 Å². The number of morpholine rings is 1. The molecule has 1 aliphatic heterocycles. The van der Waals surface area contributed by atoms with Crippen molar-refractivity contribution in [2.75, 3.05) is 25.0 Å². The van der Waals surface area contributed by atoms with Gasteiger partial charge in [0, 0.05) is 18.7 Å². The largest absolute Gasteiger partial charge is 0.444 e. The van der Waals surface area contributed by atoms with Crippen LogP contribution in [0, 0.1) is 5.82 Å². The SMILES string of the molecule is CC(C)(C)OC(=O)N1CCO[C@@H](c2ccc(NC(=O)c3cnc(C4CC4)cn3)c(F)c2)C1. The zero-order valence-corrected chi connectivity index (χ0v) is 18.4. The number of carbonyl (C=O) groups excluding carboxylic acids is 2. The van der Waals surface area contributed by atoms with Crippen LogP contribution in [-0.2, 0) is 9.47 Å². The predicted octanol–water partition coefficient (Wildman–Crippen LogP) is 4.05. The molecule has 9 heteroatoms. The number of anilines is 1. The van der Waals surface area contributed by atoms with Crippen LogP contribution >= 0.6 is 0 Å². The molecule has 0 bridgehead atoms. The molecule has 1 aromatic heterocycles. The first-order valence-electron chi connectivity index (χ1n) is 10.7. The molecule has 2 aromatic rings. The van der Waals surface area contributed by atoms with Crippen LogP contribution in [0.5, 0.6) is 0 Å². The Labute approximate surface area is 186 Å². The van der Waals surface area contributed by atoms with Gasteiger partial charge >= 0.3 is 6.09 Å². The average molecular weight is 442 g/mol. The maximum Gasteiger partial charge on any atom is 0.410 e. The van der Waals surface area contributed by atoms with E-state index in [4.69, 9.17) is 9.47 Å². The highest BCUT2D eigenvalue weighted by Crippen LogP contribution is 2.38. The average Bonchev–Trinajstić information content (AvgIpc) is 3.59. The van der Waals surface area contributed by atoms with Crippen LogP contribution in [0.3, 0.4) is 0 Å². The summed E-state index contributed by atoms with van der Waals surface area (Å²) < 4.78 is 25.9. The maximum absolute atomic E-state index is 14.7. The highest BCUT2D eigenvalue weighted by molar-refractivity contribution is 6.02. The number of aromatic nitrogens is 2. The molecule has 2 amide bonds. The Balaban J connectivity index is 1.40. The summed E-state index contributed by atoms with van der Waals surface area (Å²) in [5.74, 6) is -0.689. The summed E-state index contributed by atoms with van der Waals surface area (Å²) in [5, 5.41) is 2.53. The van der Waals surface area contributed by atoms with Gasteiger partial charge < -0.3 is 19.7 Å². The van der Waals surface area contributed by atoms with Crippen molar-refractivity contribution in [2.45, 2.75) is 51.2 Å². The third kappa shape index (κ3) is 5.40. The Morgan fingerprint density at radius 1 is 1.22 bits per heavy atom. The summed E-state index contributed by atoms with van der Waals surface area (Å²) in [5.41, 5.74) is 1.01. The van der Waals surface area contributed by atoms with E-state index in [1.807, 2.05) is 0 Å². The normalized spacial score (nSPS) is 18.9. The summed E-state index contributed by atoms with van der Waals surface area (Å²) in [6.45, 7) is 6.39. The molecular weight excluding hydrogens is 415 g/mol. The molecule has 1 saturated heterocycles. The third-order valence-corrected chi connectivity index (χ3v) is 5.23. The van der Waals surface area contributed by atoms with Gasteiger partial charge in [0.2, 0.25) is 0 Å². The second-order valence-electron chi connectivity index (χ2n) is 9.08. The number of rotatable bonds is 4. The summed E-state index contributed by atoms with van der Waals surface area (Å²) in [4.78, 5) is 34.7. The maximum atomic E-state index is 14.7. The van der Waals surface area contributed by atoms with Gasteiger partial charge in [-0.05, 0) is 51.3 Å². The van der Waals surface area contributed by atoms with Crippen LogP contribution < -0.4 is 5.32 Å². The van der Waals surface area contributed by atoms with Crippen LogP contribution in [0.15, 0.2) is 30.6 Å². The molecule has 2 heterocycles. The van der Waals surface area contributed by atoms with Crippen LogP contribution in [-0.4, -0.2) is 52.2 Å². The number of ether oxygens (including phenoxy) is 2. The molecule has 0 spiro atoms.